The van der Waals surface area contributed by atoms with Crippen LogP contribution in [0.2, 0.25) is 0 Å². The van der Waals surface area contributed by atoms with Crippen molar-refractivity contribution < 1.29 is 9.53 Å². The van der Waals surface area contributed by atoms with E-state index in [4.69, 9.17) is 10.00 Å². The summed E-state index contributed by atoms with van der Waals surface area (Å²) in [7, 11) is 0. The minimum atomic E-state index is 0.0369. The highest BCUT2D eigenvalue weighted by Gasteiger charge is 2.35. The van der Waals surface area contributed by atoms with E-state index in [2.05, 4.69) is 10.3 Å². The summed E-state index contributed by atoms with van der Waals surface area (Å²) in [5.74, 6) is 0.172. The van der Waals surface area contributed by atoms with Crippen LogP contribution in [0.5, 0.6) is 0 Å². The number of nitriles is 1. The maximum Gasteiger partial charge on any atom is 0.167 e. The average Bonchev–Trinajstić information content (AvgIpc) is 2.46. The highest BCUT2D eigenvalue weighted by atomic mass is 16.5. The number of rotatable bonds is 2. The number of piperidine rings is 1. The summed E-state index contributed by atoms with van der Waals surface area (Å²) in [5, 5.41) is 12.2. The molecule has 2 bridgehead atoms. The van der Waals surface area contributed by atoms with Crippen molar-refractivity contribution in [3.63, 3.8) is 0 Å². The summed E-state index contributed by atoms with van der Waals surface area (Å²) in [4.78, 5) is 16.4. The van der Waals surface area contributed by atoms with Gasteiger partial charge in [0, 0.05) is 29.8 Å². The van der Waals surface area contributed by atoms with Crippen molar-refractivity contribution in [1.82, 2.24) is 10.3 Å². The van der Waals surface area contributed by atoms with E-state index >= 15 is 0 Å². The van der Waals surface area contributed by atoms with Crippen molar-refractivity contribution in [3.05, 3.63) is 29.6 Å². The van der Waals surface area contributed by atoms with Crippen molar-refractivity contribution in [2.24, 2.45) is 5.92 Å². The minimum Gasteiger partial charge on any atom is -0.378 e. The first-order valence-corrected chi connectivity index (χ1v) is 6.50. The standard InChI is InChI=1S/C14H15N3O2/c15-5-11-2-1-9(6-16-11)14(18)10-3-12-7-19-8-13(4-10)17-12/h1-2,6,10,12-13,17H,3-4,7-8H2. The quantitative estimate of drug-likeness (QED) is 0.797. The molecule has 0 saturated carbocycles. The lowest BCUT2D eigenvalue weighted by Crippen LogP contribution is -2.55. The maximum absolute atomic E-state index is 12.4. The number of ketones is 1. The Morgan fingerprint density at radius 3 is 2.68 bits per heavy atom. The number of carbonyl (C=O) groups excluding carboxylic acids is 1. The van der Waals surface area contributed by atoms with Crippen molar-refractivity contribution in [3.8, 4) is 6.07 Å². The van der Waals surface area contributed by atoms with Crippen LogP contribution in [-0.2, 0) is 4.74 Å². The normalized spacial score (nSPS) is 29.5. The smallest absolute Gasteiger partial charge is 0.167 e. The molecule has 2 unspecified atom stereocenters. The molecule has 98 valence electrons. The first-order chi connectivity index (χ1) is 9.26. The van der Waals surface area contributed by atoms with Crippen LogP contribution >= 0.6 is 0 Å². The van der Waals surface area contributed by atoms with Gasteiger partial charge < -0.3 is 10.1 Å². The molecule has 0 amide bonds. The molecule has 0 aromatic carbocycles. The second-order valence-corrected chi connectivity index (χ2v) is 5.17. The summed E-state index contributed by atoms with van der Waals surface area (Å²) in [5.41, 5.74) is 0.942. The Morgan fingerprint density at radius 2 is 2.11 bits per heavy atom. The zero-order valence-electron chi connectivity index (χ0n) is 10.5. The van der Waals surface area contributed by atoms with Crippen LogP contribution in [0.1, 0.15) is 28.9 Å². The molecule has 2 aliphatic heterocycles. The van der Waals surface area contributed by atoms with E-state index in [-0.39, 0.29) is 23.8 Å². The first kappa shape index (κ1) is 12.3. The van der Waals surface area contributed by atoms with Crippen LogP contribution in [0.3, 0.4) is 0 Å². The molecular formula is C14H15N3O2. The SMILES string of the molecule is N#Cc1ccc(C(=O)C2CC3COCC(C2)N3)cn1. The Morgan fingerprint density at radius 1 is 1.37 bits per heavy atom. The Kier molecular flexibility index (Phi) is 3.28. The maximum atomic E-state index is 12.4. The molecule has 0 aliphatic carbocycles. The monoisotopic (exact) mass is 257 g/mol. The number of morpholine rings is 1. The molecule has 0 spiro atoms. The zero-order chi connectivity index (χ0) is 13.2. The Bertz CT molecular complexity index is 508. The van der Waals surface area contributed by atoms with Gasteiger partial charge in [-0.2, -0.15) is 5.26 Å². The number of hydrogen-bond acceptors (Lipinski definition) is 5. The van der Waals surface area contributed by atoms with Gasteiger partial charge in [0.1, 0.15) is 11.8 Å². The second-order valence-electron chi connectivity index (χ2n) is 5.17. The molecule has 2 aliphatic rings. The number of pyridine rings is 1. The van der Waals surface area contributed by atoms with E-state index in [0.717, 1.165) is 12.8 Å². The number of nitrogens with zero attached hydrogens (tertiary/aromatic N) is 2. The second kappa shape index (κ2) is 5.08. The van der Waals surface area contributed by atoms with Gasteiger partial charge in [0.15, 0.2) is 5.78 Å². The summed E-state index contributed by atoms with van der Waals surface area (Å²) >= 11 is 0. The van der Waals surface area contributed by atoms with Gasteiger partial charge in [-0.25, -0.2) is 4.98 Å². The molecule has 1 N–H and O–H groups in total. The molecule has 1 aromatic heterocycles. The van der Waals surface area contributed by atoms with E-state index in [1.807, 2.05) is 6.07 Å². The van der Waals surface area contributed by atoms with Crippen molar-refractivity contribution in [2.45, 2.75) is 24.9 Å². The van der Waals surface area contributed by atoms with Gasteiger partial charge in [0.2, 0.25) is 0 Å². The third-order valence-corrected chi connectivity index (χ3v) is 3.78. The number of fused-ring (bicyclic) bond motifs is 2. The molecule has 1 aromatic rings. The van der Waals surface area contributed by atoms with Crippen LogP contribution in [0.25, 0.3) is 0 Å². The fourth-order valence-corrected chi connectivity index (χ4v) is 2.89. The summed E-state index contributed by atoms with van der Waals surface area (Å²) < 4.78 is 5.48. The first-order valence-electron chi connectivity index (χ1n) is 6.50. The number of aromatic nitrogens is 1. The van der Waals surface area contributed by atoms with Crippen LogP contribution in [-0.4, -0.2) is 36.1 Å². The summed E-state index contributed by atoms with van der Waals surface area (Å²) in [6.07, 6.45) is 3.14. The fraction of sp³-hybridized carbons (Fsp3) is 0.500. The largest absolute Gasteiger partial charge is 0.378 e. The number of hydrogen-bond donors (Lipinski definition) is 1. The summed E-state index contributed by atoms with van der Waals surface area (Å²) in [6, 6.07) is 5.82. The molecule has 5 heteroatoms. The molecular weight excluding hydrogens is 242 g/mol. The molecule has 0 radical (unpaired) electrons. The van der Waals surface area contributed by atoms with Crippen molar-refractivity contribution in [2.75, 3.05) is 13.2 Å². The van der Waals surface area contributed by atoms with Crippen LogP contribution in [0.4, 0.5) is 0 Å². The van der Waals surface area contributed by atoms with Crippen LogP contribution < -0.4 is 5.32 Å². The molecule has 2 atom stereocenters. The lowest BCUT2D eigenvalue weighted by molar-refractivity contribution is 0.00952. The highest BCUT2D eigenvalue weighted by Crippen LogP contribution is 2.26. The molecule has 19 heavy (non-hydrogen) atoms. The van der Waals surface area contributed by atoms with Crippen LogP contribution in [0, 0.1) is 17.2 Å². The minimum absolute atomic E-state index is 0.0369. The number of nitrogens with one attached hydrogen (secondary N) is 1. The van der Waals surface area contributed by atoms with E-state index in [1.165, 1.54) is 6.20 Å². The lowest BCUT2D eigenvalue weighted by atomic mass is 9.82. The third kappa shape index (κ3) is 2.50. The van der Waals surface area contributed by atoms with E-state index in [0.29, 0.717) is 24.5 Å². The zero-order valence-corrected chi connectivity index (χ0v) is 10.5. The van der Waals surface area contributed by atoms with E-state index < -0.39 is 0 Å². The number of carbonyl (C=O) groups is 1. The van der Waals surface area contributed by atoms with Gasteiger partial charge in [0.25, 0.3) is 0 Å². The molecule has 2 fully saturated rings. The predicted octanol–water partition coefficient (Wildman–Crippen LogP) is 0.903. The third-order valence-electron chi connectivity index (χ3n) is 3.78. The number of ether oxygens (including phenoxy) is 1. The lowest BCUT2D eigenvalue weighted by Gasteiger charge is -2.39. The average molecular weight is 257 g/mol. The fourth-order valence-electron chi connectivity index (χ4n) is 2.89. The Hall–Kier alpha value is -1.77. The van der Waals surface area contributed by atoms with E-state index in [9.17, 15) is 4.79 Å². The highest BCUT2D eigenvalue weighted by molar-refractivity contribution is 5.97. The Labute approximate surface area is 111 Å². The Balaban J connectivity index is 1.74. The van der Waals surface area contributed by atoms with Crippen molar-refractivity contribution >= 4 is 5.78 Å². The van der Waals surface area contributed by atoms with Gasteiger partial charge in [-0.3, -0.25) is 4.79 Å². The van der Waals surface area contributed by atoms with Gasteiger partial charge in [-0.05, 0) is 25.0 Å². The van der Waals surface area contributed by atoms with Crippen LogP contribution in [0.15, 0.2) is 18.3 Å². The van der Waals surface area contributed by atoms with E-state index in [1.54, 1.807) is 12.1 Å². The number of Topliss-reactive ketones (excluding diaryl/α,β-unsaturated/α-hetero) is 1. The molecule has 2 saturated heterocycles. The van der Waals surface area contributed by atoms with Gasteiger partial charge in [0.05, 0.1) is 13.2 Å². The predicted molar refractivity (Wildman–Crippen MR) is 67.5 cm³/mol. The van der Waals surface area contributed by atoms with Crippen molar-refractivity contribution in [1.29, 1.82) is 5.26 Å². The van der Waals surface area contributed by atoms with Gasteiger partial charge in [-0.15, -0.1) is 0 Å². The van der Waals surface area contributed by atoms with Gasteiger partial charge >= 0.3 is 0 Å². The molecule has 3 heterocycles. The molecule has 5 nitrogen and oxygen atoms in total. The molecule has 3 rings (SSSR count). The summed E-state index contributed by atoms with van der Waals surface area (Å²) in [6.45, 7) is 1.37. The van der Waals surface area contributed by atoms with Gasteiger partial charge in [-0.1, -0.05) is 0 Å². The topological polar surface area (TPSA) is 75.0 Å².